The summed E-state index contributed by atoms with van der Waals surface area (Å²) in [6, 6.07) is 5.78. The average molecular weight is 625 g/mol. The lowest BCUT2D eigenvalue weighted by Crippen LogP contribution is -2.57. The summed E-state index contributed by atoms with van der Waals surface area (Å²) in [5.74, 6) is -1.75. The van der Waals surface area contributed by atoms with Crippen molar-refractivity contribution >= 4 is 29.8 Å². The van der Waals surface area contributed by atoms with Gasteiger partial charge in [0.2, 0.25) is 17.7 Å². The number of benzene rings is 1. The summed E-state index contributed by atoms with van der Waals surface area (Å²) in [5, 5.41) is 5.50. The Bertz CT molecular complexity index is 1370. The van der Waals surface area contributed by atoms with Gasteiger partial charge in [0.25, 0.3) is 0 Å². The standard InChI is InChI=1S/C32H44N6O7/c1-32(2,3)45-31(43)35-23(18-22-19-33-20-36(22)4)28(40)38-16-10-14-26(38)29(41)37-15-9-13-25(37)27(39)34-24(30(42)44-5)17-21-11-7-6-8-12-21/h6-8,11-12,19-20,23-26H,9-10,13-18H2,1-5H3,(H,34,39)(H,35,43)/t23-,24-,25-,26-/m0/s1. The zero-order valence-corrected chi connectivity index (χ0v) is 26.7. The van der Waals surface area contributed by atoms with Gasteiger partial charge in [-0.1, -0.05) is 30.3 Å². The Morgan fingerprint density at radius 3 is 2.22 bits per heavy atom. The van der Waals surface area contributed by atoms with Crippen LogP contribution in [0.1, 0.15) is 57.7 Å². The number of aryl methyl sites for hydroxylation is 1. The van der Waals surface area contributed by atoms with Gasteiger partial charge < -0.3 is 34.5 Å². The minimum absolute atomic E-state index is 0.150. The first-order valence-corrected chi connectivity index (χ1v) is 15.4. The molecule has 1 aromatic heterocycles. The maximum Gasteiger partial charge on any atom is 0.408 e. The molecule has 0 bridgehead atoms. The topological polar surface area (TPSA) is 152 Å². The van der Waals surface area contributed by atoms with E-state index in [1.54, 1.807) is 44.9 Å². The van der Waals surface area contributed by atoms with E-state index < -0.39 is 53.6 Å². The number of nitrogens with one attached hydrogen (secondary N) is 2. The highest BCUT2D eigenvalue weighted by atomic mass is 16.6. The first kappa shape index (κ1) is 33.5. The lowest BCUT2D eigenvalue weighted by molar-refractivity contribution is -0.149. The number of alkyl carbamates (subject to hydrolysis) is 1. The molecule has 2 aliphatic rings. The summed E-state index contributed by atoms with van der Waals surface area (Å²) in [6.45, 7) is 5.89. The van der Waals surface area contributed by atoms with Crippen LogP contribution in [0.4, 0.5) is 4.79 Å². The van der Waals surface area contributed by atoms with Crippen LogP contribution in [0.25, 0.3) is 0 Å². The second kappa shape index (κ2) is 14.6. The van der Waals surface area contributed by atoms with Crippen LogP contribution in [0, 0.1) is 0 Å². The van der Waals surface area contributed by atoms with Crippen LogP contribution in [0.2, 0.25) is 0 Å². The second-order valence-corrected chi connectivity index (χ2v) is 12.6. The molecule has 4 rings (SSSR count). The smallest absolute Gasteiger partial charge is 0.408 e. The van der Waals surface area contributed by atoms with Crippen LogP contribution in [-0.4, -0.2) is 99.1 Å². The number of aromatic nitrogens is 2. The quantitative estimate of drug-likeness (QED) is 0.380. The third-order valence-electron chi connectivity index (χ3n) is 8.06. The number of carbonyl (C=O) groups excluding carboxylic acids is 5. The molecule has 2 aliphatic heterocycles. The number of esters is 1. The molecule has 0 spiro atoms. The van der Waals surface area contributed by atoms with Crippen molar-refractivity contribution in [2.24, 2.45) is 7.05 Å². The van der Waals surface area contributed by atoms with Crippen LogP contribution in [-0.2, 0) is 48.5 Å². The molecule has 13 nitrogen and oxygen atoms in total. The van der Waals surface area contributed by atoms with Gasteiger partial charge in [-0.3, -0.25) is 14.4 Å². The molecule has 1 aromatic carbocycles. The molecule has 2 aromatic rings. The van der Waals surface area contributed by atoms with E-state index in [0.717, 1.165) is 11.3 Å². The van der Waals surface area contributed by atoms with Gasteiger partial charge in [0.05, 0.1) is 13.4 Å². The van der Waals surface area contributed by atoms with Gasteiger partial charge >= 0.3 is 12.1 Å². The highest BCUT2D eigenvalue weighted by molar-refractivity contribution is 5.95. The van der Waals surface area contributed by atoms with Crippen LogP contribution in [0.15, 0.2) is 42.9 Å². The van der Waals surface area contributed by atoms with E-state index in [9.17, 15) is 24.0 Å². The molecule has 13 heteroatoms. The van der Waals surface area contributed by atoms with Gasteiger partial charge in [-0.05, 0) is 52.0 Å². The normalized spacial score (nSPS) is 19.5. The van der Waals surface area contributed by atoms with E-state index in [2.05, 4.69) is 15.6 Å². The number of imidazole rings is 1. The largest absolute Gasteiger partial charge is 0.467 e. The molecule has 3 heterocycles. The fourth-order valence-electron chi connectivity index (χ4n) is 5.88. The number of carbonyl (C=O) groups is 5. The van der Waals surface area contributed by atoms with Crippen molar-refractivity contribution in [3.05, 3.63) is 54.1 Å². The SMILES string of the molecule is COC(=O)[C@H](Cc1ccccc1)NC(=O)[C@@H]1CCCN1C(=O)[C@@H]1CCCN1C(=O)[C@H](Cc1cncn1C)NC(=O)OC(C)(C)C. The lowest BCUT2D eigenvalue weighted by Gasteiger charge is -2.33. The number of hydrogen-bond acceptors (Lipinski definition) is 8. The number of methoxy groups -OCH3 is 1. The molecule has 45 heavy (non-hydrogen) atoms. The molecule has 2 fully saturated rings. The van der Waals surface area contributed by atoms with E-state index >= 15 is 0 Å². The average Bonchev–Trinajstić information content (AvgIpc) is 3.76. The molecule has 2 saturated heterocycles. The molecule has 0 aliphatic carbocycles. The van der Waals surface area contributed by atoms with E-state index in [-0.39, 0.29) is 18.7 Å². The molecular weight excluding hydrogens is 580 g/mol. The fraction of sp³-hybridized carbons (Fsp3) is 0.562. The van der Waals surface area contributed by atoms with Crippen molar-refractivity contribution < 1.29 is 33.4 Å². The van der Waals surface area contributed by atoms with Gasteiger partial charge in [-0.25, -0.2) is 14.6 Å². The Labute approximate surface area is 263 Å². The Kier molecular flexibility index (Phi) is 10.8. The number of likely N-dealkylation sites (tertiary alicyclic amines) is 2. The molecule has 4 atom stereocenters. The van der Waals surface area contributed by atoms with Crippen LogP contribution < -0.4 is 10.6 Å². The van der Waals surface area contributed by atoms with Crippen LogP contribution >= 0.6 is 0 Å². The monoisotopic (exact) mass is 624 g/mol. The molecule has 2 N–H and O–H groups in total. The predicted molar refractivity (Wildman–Crippen MR) is 164 cm³/mol. The van der Waals surface area contributed by atoms with Crippen molar-refractivity contribution in [2.45, 2.75) is 89.1 Å². The molecule has 0 unspecified atom stereocenters. The maximum atomic E-state index is 14.0. The molecular formula is C32H44N6O7. The third kappa shape index (κ3) is 8.61. The number of hydrogen-bond donors (Lipinski definition) is 2. The first-order valence-electron chi connectivity index (χ1n) is 15.4. The van der Waals surface area contributed by atoms with E-state index in [4.69, 9.17) is 9.47 Å². The molecule has 0 radical (unpaired) electrons. The summed E-state index contributed by atoms with van der Waals surface area (Å²) in [7, 11) is 3.06. The Morgan fingerprint density at radius 2 is 1.60 bits per heavy atom. The number of amides is 4. The Morgan fingerprint density at radius 1 is 0.933 bits per heavy atom. The van der Waals surface area contributed by atoms with Crippen LogP contribution in [0.5, 0.6) is 0 Å². The van der Waals surface area contributed by atoms with E-state index in [0.29, 0.717) is 38.8 Å². The summed E-state index contributed by atoms with van der Waals surface area (Å²) in [4.78, 5) is 73.9. The molecule has 0 saturated carbocycles. The Balaban J connectivity index is 1.48. The van der Waals surface area contributed by atoms with Crippen molar-refractivity contribution in [3.8, 4) is 0 Å². The number of rotatable bonds is 10. The van der Waals surface area contributed by atoms with E-state index in [1.165, 1.54) is 16.9 Å². The maximum absolute atomic E-state index is 14.0. The number of nitrogens with zero attached hydrogens (tertiary/aromatic N) is 4. The van der Waals surface area contributed by atoms with Crippen molar-refractivity contribution in [3.63, 3.8) is 0 Å². The summed E-state index contributed by atoms with van der Waals surface area (Å²) in [5.41, 5.74) is 0.808. The minimum atomic E-state index is -1.000. The molecule has 244 valence electrons. The van der Waals surface area contributed by atoms with Crippen molar-refractivity contribution in [1.29, 1.82) is 0 Å². The highest BCUT2D eigenvalue weighted by Gasteiger charge is 2.44. The minimum Gasteiger partial charge on any atom is -0.467 e. The van der Waals surface area contributed by atoms with Crippen molar-refractivity contribution in [1.82, 2.24) is 30.0 Å². The van der Waals surface area contributed by atoms with Gasteiger partial charge in [0, 0.05) is 44.9 Å². The zero-order chi connectivity index (χ0) is 32.7. The van der Waals surface area contributed by atoms with Gasteiger partial charge in [-0.2, -0.15) is 0 Å². The van der Waals surface area contributed by atoms with E-state index in [1.807, 2.05) is 30.3 Å². The highest BCUT2D eigenvalue weighted by Crippen LogP contribution is 2.26. The van der Waals surface area contributed by atoms with Gasteiger partial charge in [0.15, 0.2) is 0 Å². The predicted octanol–water partition coefficient (Wildman–Crippen LogP) is 1.74. The summed E-state index contributed by atoms with van der Waals surface area (Å²) in [6.07, 6.45) is 4.95. The fourth-order valence-corrected chi connectivity index (χ4v) is 5.88. The third-order valence-corrected chi connectivity index (χ3v) is 8.06. The number of ether oxygens (including phenoxy) is 2. The van der Waals surface area contributed by atoms with Crippen LogP contribution in [0.3, 0.4) is 0 Å². The van der Waals surface area contributed by atoms with Gasteiger partial charge in [0.1, 0.15) is 29.8 Å². The second-order valence-electron chi connectivity index (χ2n) is 12.6. The zero-order valence-electron chi connectivity index (χ0n) is 26.7. The summed E-state index contributed by atoms with van der Waals surface area (Å²) < 4.78 is 12.1. The lowest BCUT2D eigenvalue weighted by atomic mass is 10.0. The Hall–Kier alpha value is -4.42. The molecule has 4 amide bonds. The van der Waals surface area contributed by atoms with Gasteiger partial charge in [-0.15, -0.1) is 0 Å². The van der Waals surface area contributed by atoms with Crippen molar-refractivity contribution in [2.75, 3.05) is 20.2 Å². The summed E-state index contributed by atoms with van der Waals surface area (Å²) >= 11 is 0. The first-order chi connectivity index (χ1) is 21.4.